The molecule has 0 aliphatic heterocycles. The van der Waals surface area contributed by atoms with Gasteiger partial charge in [-0.2, -0.15) is 0 Å². The van der Waals surface area contributed by atoms with Crippen LogP contribution in [0.2, 0.25) is 0 Å². The number of thiocarbonyl (C=S) groups is 1. The van der Waals surface area contributed by atoms with Crippen LogP contribution in [0.25, 0.3) is 0 Å². The minimum atomic E-state index is 0.445. The number of aryl methyl sites for hydroxylation is 1. The fourth-order valence-electron chi connectivity index (χ4n) is 2.45. The van der Waals surface area contributed by atoms with Gasteiger partial charge < -0.3 is 16.0 Å². The molecule has 20 heavy (non-hydrogen) atoms. The molecule has 0 aromatic heterocycles. The number of benzene rings is 1. The Morgan fingerprint density at radius 1 is 1.35 bits per heavy atom. The molecule has 3 nitrogen and oxygen atoms in total. The highest BCUT2D eigenvalue weighted by Gasteiger charge is 2.12. The number of rotatable bonds is 7. The van der Waals surface area contributed by atoms with Gasteiger partial charge >= 0.3 is 0 Å². The van der Waals surface area contributed by atoms with E-state index in [0.717, 1.165) is 29.8 Å². The molecular weight excluding hydrogens is 266 g/mol. The summed E-state index contributed by atoms with van der Waals surface area (Å²) in [5.41, 5.74) is 8.91. The van der Waals surface area contributed by atoms with Crippen LogP contribution in [-0.2, 0) is 0 Å². The number of hydrogen-bond donors (Lipinski definition) is 2. The third kappa shape index (κ3) is 5.47. The van der Waals surface area contributed by atoms with E-state index < -0.39 is 0 Å². The molecule has 4 heteroatoms. The second-order valence-electron chi connectivity index (χ2n) is 6.13. The third-order valence-corrected chi connectivity index (χ3v) is 3.42. The number of anilines is 1. The van der Waals surface area contributed by atoms with Crippen molar-refractivity contribution in [2.24, 2.45) is 11.7 Å². The number of likely N-dealkylation sites (N-methyl/N-ethyl adjacent to an activating group) is 1. The van der Waals surface area contributed by atoms with Gasteiger partial charge in [-0.05, 0) is 57.1 Å². The fourth-order valence-corrected chi connectivity index (χ4v) is 2.68. The van der Waals surface area contributed by atoms with Crippen LogP contribution in [0.5, 0.6) is 0 Å². The van der Waals surface area contributed by atoms with Gasteiger partial charge in [0.25, 0.3) is 0 Å². The summed E-state index contributed by atoms with van der Waals surface area (Å²) in [6.07, 6.45) is 1.15. The summed E-state index contributed by atoms with van der Waals surface area (Å²) in [6, 6.07) is 6.63. The van der Waals surface area contributed by atoms with E-state index in [2.05, 4.69) is 50.3 Å². The smallest absolute Gasteiger partial charge is 0.104 e. The maximum Gasteiger partial charge on any atom is 0.104 e. The van der Waals surface area contributed by atoms with E-state index in [4.69, 9.17) is 18.0 Å². The lowest BCUT2D eigenvalue weighted by Crippen LogP contribution is -2.33. The first-order valence-electron chi connectivity index (χ1n) is 7.11. The minimum absolute atomic E-state index is 0.445. The first-order chi connectivity index (χ1) is 9.29. The van der Waals surface area contributed by atoms with Crippen LogP contribution in [0.4, 0.5) is 5.69 Å². The first-order valence-corrected chi connectivity index (χ1v) is 7.52. The second-order valence-corrected chi connectivity index (χ2v) is 6.57. The fraction of sp³-hybridized carbons (Fsp3) is 0.562. The number of nitrogens with two attached hydrogens (primary N) is 1. The Balaban J connectivity index is 2.82. The van der Waals surface area contributed by atoms with Crippen molar-refractivity contribution in [1.82, 2.24) is 4.90 Å². The molecule has 0 radical (unpaired) electrons. The molecule has 0 saturated carbocycles. The van der Waals surface area contributed by atoms with Crippen LogP contribution in [0, 0.1) is 12.8 Å². The van der Waals surface area contributed by atoms with E-state index in [1.54, 1.807) is 0 Å². The Morgan fingerprint density at radius 2 is 2.00 bits per heavy atom. The summed E-state index contributed by atoms with van der Waals surface area (Å²) in [6.45, 7) is 7.58. The average Bonchev–Trinajstić information content (AvgIpc) is 2.26. The quantitative estimate of drug-likeness (QED) is 0.758. The molecule has 0 saturated heterocycles. The maximum absolute atomic E-state index is 5.70. The van der Waals surface area contributed by atoms with Gasteiger partial charge in [-0.15, -0.1) is 0 Å². The Labute approximate surface area is 128 Å². The highest BCUT2D eigenvalue weighted by Crippen LogP contribution is 2.18. The van der Waals surface area contributed by atoms with Gasteiger partial charge in [-0.3, -0.25) is 0 Å². The molecule has 1 aromatic rings. The summed E-state index contributed by atoms with van der Waals surface area (Å²) >= 11 is 5.05. The highest BCUT2D eigenvalue weighted by molar-refractivity contribution is 7.80. The molecule has 0 aliphatic carbocycles. The van der Waals surface area contributed by atoms with Crippen molar-refractivity contribution in [3.8, 4) is 0 Å². The molecule has 0 spiro atoms. The maximum atomic E-state index is 5.70. The summed E-state index contributed by atoms with van der Waals surface area (Å²) in [5.74, 6) is 0.671. The molecule has 1 atom stereocenters. The SMILES string of the molecule is Cc1cc(NC(CC(C)C)CN(C)C)ccc1C(N)=S. The summed E-state index contributed by atoms with van der Waals surface area (Å²) in [5, 5.41) is 3.62. The standard InChI is InChI=1S/C16H27N3S/c1-11(2)8-14(10-19(4)5)18-13-6-7-15(16(17)20)12(3)9-13/h6-7,9,11,14,18H,8,10H2,1-5H3,(H2,17,20). The highest BCUT2D eigenvalue weighted by atomic mass is 32.1. The zero-order chi connectivity index (χ0) is 15.3. The topological polar surface area (TPSA) is 41.3 Å². The van der Waals surface area contributed by atoms with Crippen LogP contribution in [0.3, 0.4) is 0 Å². The van der Waals surface area contributed by atoms with E-state index >= 15 is 0 Å². The Hall–Kier alpha value is -1.13. The van der Waals surface area contributed by atoms with E-state index in [1.807, 2.05) is 13.0 Å². The van der Waals surface area contributed by atoms with Gasteiger partial charge in [0.15, 0.2) is 0 Å². The number of nitrogens with one attached hydrogen (secondary N) is 1. The van der Waals surface area contributed by atoms with Crippen LogP contribution in [0.1, 0.15) is 31.4 Å². The molecule has 0 aliphatic rings. The summed E-state index contributed by atoms with van der Waals surface area (Å²) < 4.78 is 0. The molecule has 3 N–H and O–H groups in total. The van der Waals surface area contributed by atoms with E-state index in [0.29, 0.717) is 16.9 Å². The van der Waals surface area contributed by atoms with E-state index in [9.17, 15) is 0 Å². The second kappa shape index (κ2) is 7.60. The van der Waals surface area contributed by atoms with Crippen molar-refractivity contribution < 1.29 is 0 Å². The van der Waals surface area contributed by atoms with E-state index in [1.165, 1.54) is 0 Å². The first kappa shape index (κ1) is 16.9. The predicted octanol–water partition coefficient (Wildman–Crippen LogP) is 3.02. The molecule has 1 rings (SSSR count). The Morgan fingerprint density at radius 3 is 2.45 bits per heavy atom. The van der Waals surface area contributed by atoms with Gasteiger partial charge in [-0.1, -0.05) is 26.1 Å². The summed E-state index contributed by atoms with van der Waals surface area (Å²) in [4.78, 5) is 2.68. The van der Waals surface area contributed by atoms with Crippen molar-refractivity contribution in [2.75, 3.05) is 26.0 Å². The van der Waals surface area contributed by atoms with Crippen molar-refractivity contribution in [1.29, 1.82) is 0 Å². The molecule has 1 aromatic carbocycles. The summed E-state index contributed by atoms with van der Waals surface area (Å²) in [7, 11) is 4.21. The zero-order valence-corrected chi connectivity index (χ0v) is 14.1. The van der Waals surface area contributed by atoms with Crippen molar-refractivity contribution >= 4 is 22.9 Å². The molecular formula is C16H27N3S. The van der Waals surface area contributed by atoms with Crippen molar-refractivity contribution in [3.63, 3.8) is 0 Å². The minimum Gasteiger partial charge on any atom is -0.389 e. The van der Waals surface area contributed by atoms with Crippen molar-refractivity contribution in [2.45, 2.75) is 33.2 Å². The Bertz CT molecular complexity index is 445. The largest absolute Gasteiger partial charge is 0.389 e. The molecule has 0 amide bonds. The van der Waals surface area contributed by atoms with Crippen LogP contribution in [-0.4, -0.2) is 36.6 Å². The van der Waals surface area contributed by atoms with Crippen LogP contribution < -0.4 is 11.1 Å². The van der Waals surface area contributed by atoms with Crippen LogP contribution >= 0.6 is 12.2 Å². The molecule has 0 heterocycles. The lowest BCUT2D eigenvalue weighted by molar-refractivity contribution is 0.356. The number of nitrogens with zero attached hydrogens (tertiary/aromatic N) is 1. The molecule has 1 unspecified atom stereocenters. The predicted molar refractivity (Wildman–Crippen MR) is 92.5 cm³/mol. The normalized spacial score (nSPS) is 12.8. The Kier molecular flexibility index (Phi) is 6.43. The van der Waals surface area contributed by atoms with Gasteiger partial charge in [0.2, 0.25) is 0 Å². The lowest BCUT2D eigenvalue weighted by atomic mass is 10.0. The molecule has 0 fully saturated rings. The third-order valence-electron chi connectivity index (χ3n) is 3.20. The number of hydrogen-bond acceptors (Lipinski definition) is 3. The van der Waals surface area contributed by atoms with E-state index in [-0.39, 0.29) is 0 Å². The van der Waals surface area contributed by atoms with Gasteiger partial charge in [0.05, 0.1) is 0 Å². The average molecular weight is 293 g/mol. The zero-order valence-electron chi connectivity index (χ0n) is 13.2. The van der Waals surface area contributed by atoms with Gasteiger partial charge in [0.1, 0.15) is 4.99 Å². The van der Waals surface area contributed by atoms with Crippen LogP contribution in [0.15, 0.2) is 18.2 Å². The van der Waals surface area contributed by atoms with Crippen molar-refractivity contribution in [3.05, 3.63) is 29.3 Å². The lowest BCUT2D eigenvalue weighted by Gasteiger charge is -2.25. The van der Waals surface area contributed by atoms with Gasteiger partial charge in [0, 0.05) is 23.8 Å². The molecule has 112 valence electrons. The van der Waals surface area contributed by atoms with Gasteiger partial charge in [-0.25, -0.2) is 0 Å². The monoisotopic (exact) mass is 293 g/mol. The molecule has 0 bridgehead atoms.